The summed E-state index contributed by atoms with van der Waals surface area (Å²) < 4.78 is 5.25. The molecule has 0 fully saturated rings. The number of hydrogen-bond acceptors (Lipinski definition) is 2. The first kappa shape index (κ1) is 14.6. The molecule has 0 bridgehead atoms. The molecule has 0 saturated carbocycles. The fraction of sp³-hybridized carbons (Fsp3) is 0.500. The molecule has 0 aliphatic carbocycles. The molecular weight excluding hydrogens is 222 g/mol. The minimum Gasteiger partial charge on any atom is -0.497 e. The van der Waals surface area contributed by atoms with E-state index in [0.717, 1.165) is 38.0 Å². The van der Waals surface area contributed by atoms with Crippen molar-refractivity contribution < 1.29 is 4.74 Å². The lowest BCUT2D eigenvalue weighted by molar-refractivity contribution is 0.413. The van der Waals surface area contributed by atoms with Gasteiger partial charge in [0.25, 0.3) is 0 Å². The molecule has 1 atom stereocenters. The third kappa shape index (κ3) is 5.25. The van der Waals surface area contributed by atoms with Gasteiger partial charge in [0.15, 0.2) is 0 Å². The molecule has 1 unspecified atom stereocenters. The molecule has 0 spiro atoms. The van der Waals surface area contributed by atoms with E-state index in [1.165, 1.54) is 5.56 Å². The van der Waals surface area contributed by atoms with E-state index >= 15 is 0 Å². The topological polar surface area (TPSA) is 21.3 Å². The zero-order chi connectivity index (χ0) is 13.2. The normalized spacial score (nSPS) is 11.8. The molecule has 2 nitrogen and oxygen atoms in total. The molecule has 1 aromatic rings. The molecule has 0 aliphatic heterocycles. The van der Waals surface area contributed by atoms with E-state index in [4.69, 9.17) is 11.2 Å². The van der Waals surface area contributed by atoms with Crippen molar-refractivity contribution in [3.05, 3.63) is 29.8 Å². The number of terminal acetylenes is 1. The van der Waals surface area contributed by atoms with Crippen molar-refractivity contribution in [3.63, 3.8) is 0 Å². The van der Waals surface area contributed by atoms with Gasteiger partial charge in [-0.05, 0) is 43.5 Å². The smallest absolute Gasteiger partial charge is 0.119 e. The molecule has 1 N–H and O–H groups in total. The fourth-order valence-corrected chi connectivity index (χ4v) is 1.97. The second-order valence-electron chi connectivity index (χ2n) is 4.45. The van der Waals surface area contributed by atoms with Gasteiger partial charge >= 0.3 is 0 Å². The lowest BCUT2D eigenvalue weighted by Gasteiger charge is -2.18. The fourth-order valence-electron chi connectivity index (χ4n) is 1.97. The van der Waals surface area contributed by atoms with Crippen LogP contribution in [0.2, 0.25) is 0 Å². The standard InChI is InChI=1S/C16H23NO/c1-4-6-9-15(17-11-5-2)12-14-8-7-10-16(13-14)18-3/h1,7-8,10,13,15,17H,5-6,9,11-12H2,2-3H3. The Bertz CT molecular complexity index is 381. The number of rotatable bonds is 8. The largest absolute Gasteiger partial charge is 0.497 e. The summed E-state index contributed by atoms with van der Waals surface area (Å²) in [6.07, 6.45) is 9.34. The first-order valence-electron chi connectivity index (χ1n) is 6.60. The van der Waals surface area contributed by atoms with E-state index in [1.54, 1.807) is 7.11 Å². The lowest BCUT2D eigenvalue weighted by atomic mass is 10.0. The average molecular weight is 245 g/mol. The van der Waals surface area contributed by atoms with Crippen molar-refractivity contribution >= 4 is 0 Å². The van der Waals surface area contributed by atoms with Crippen LogP contribution >= 0.6 is 0 Å². The van der Waals surface area contributed by atoms with Crippen LogP contribution < -0.4 is 10.1 Å². The van der Waals surface area contributed by atoms with Gasteiger partial charge in [-0.1, -0.05) is 19.1 Å². The van der Waals surface area contributed by atoms with Crippen LogP contribution in [0.5, 0.6) is 5.75 Å². The maximum Gasteiger partial charge on any atom is 0.119 e. The maximum atomic E-state index is 5.35. The molecule has 0 aromatic heterocycles. The number of ether oxygens (including phenoxy) is 1. The van der Waals surface area contributed by atoms with Gasteiger partial charge in [0.05, 0.1) is 7.11 Å². The molecule has 0 radical (unpaired) electrons. The first-order chi connectivity index (χ1) is 8.80. The highest BCUT2D eigenvalue weighted by molar-refractivity contribution is 5.29. The van der Waals surface area contributed by atoms with E-state index in [-0.39, 0.29) is 0 Å². The quantitative estimate of drug-likeness (QED) is 0.711. The molecular formula is C16H23NO. The van der Waals surface area contributed by atoms with E-state index in [0.29, 0.717) is 6.04 Å². The van der Waals surface area contributed by atoms with E-state index in [9.17, 15) is 0 Å². The second kappa shape index (κ2) is 8.60. The number of nitrogens with one attached hydrogen (secondary N) is 1. The number of methoxy groups -OCH3 is 1. The van der Waals surface area contributed by atoms with Crippen LogP contribution in [0.4, 0.5) is 0 Å². The first-order valence-corrected chi connectivity index (χ1v) is 6.60. The van der Waals surface area contributed by atoms with Crippen molar-refractivity contribution in [1.29, 1.82) is 0 Å². The Labute approximate surface area is 111 Å². The summed E-state index contributed by atoms with van der Waals surface area (Å²) in [5, 5.41) is 3.55. The van der Waals surface area contributed by atoms with Crippen LogP contribution in [0.1, 0.15) is 31.7 Å². The van der Waals surface area contributed by atoms with Crippen LogP contribution in [-0.2, 0) is 6.42 Å². The summed E-state index contributed by atoms with van der Waals surface area (Å²) >= 11 is 0. The average Bonchev–Trinajstić information content (AvgIpc) is 2.42. The molecule has 0 aliphatic rings. The highest BCUT2D eigenvalue weighted by Gasteiger charge is 2.08. The van der Waals surface area contributed by atoms with Crippen molar-refractivity contribution in [2.45, 2.75) is 38.6 Å². The van der Waals surface area contributed by atoms with Gasteiger partial charge in [-0.25, -0.2) is 0 Å². The highest BCUT2D eigenvalue weighted by Crippen LogP contribution is 2.15. The SMILES string of the molecule is C#CCCC(Cc1cccc(OC)c1)NCCC. The molecule has 98 valence electrons. The maximum absolute atomic E-state index is 5.35. The summed E-state index contributed by atoms with van der Waals surface area (Å²) in [5.74, 6) is 3.63. The Morgan fingerprint density at radius 3 is 2.94 bits per heavy atom. The van der Waals surface area contributed by atoms with Gasteiger partial charge in [-0.3, -0.25) is 0 Å². The van der Waals surface area contributed by atoms with Crippen LogP contribution in [0.25, 0.3) is 0 Å². The van der Waals surface area contributed by atoms with Crippen LogP contribution in [0.15, 0.2) is 24.3 Å². The highest BCUT2D eigenvalue weighted by atomic mass is 16.5. The summed E-state index contributed by atoms with van der Waals surface area (Å²) in [6, 6.07) is 8.69. The molecule has 0 amide bonds. The molecule has 1 aromatic carbocycles. The summed E-state index contributed by atoms with van der Waals surface area (Å²) in [6.45, 7) is 3.22. The van der Waals surface area contributed by atoms with Gasteiger partial charge in [-0.15, -0.1) is 12.3 Å². The zero-order valence-electron chi connectivity index (χ0n) is 11.4. The third-order valence-corrected chi connectivity index (χ3v) is 2.94. The van der Waals surface area contributed by atoms with Crippen molar-refractivity contribution in [3.8, 4) is 18.1 Å². The van der Waals surface area contributed by atoms with Gasteiger partial charge in [0, 0.05) is 12.5 Å². The lowest BCUT2D eigenvalue weighted by Crippen LogP contribution is -2.31. The Hall–Kier alpha value is -1.46. The minimum absolute atomic E-state index is 0.452. The van der Waals surface area contributed by atoms with E-state index in [2.05, 4.69) is 30.3 Å². The van der Waals surface area contributed by atoms with Gasteiger partial charge in [-0.2, -0.15) is 0 Å². The van der Waals surface area contributed by atoms with Gasteiger partial charge in [0.2, 0.25) is 0 Å². The summed E-state index contributed by atoms with van der Waals surface area (Å²) in [7, 11) is 1.70. The van der Waals surface area contributed by atoms with E-state index < -0.39 is 0 Å². The Morgan fingerprint density at radius 1 is 1.44 bits per heavy atom. The van der Waals surface area contributed by atoms with Crippen LogP contribution in [-0.4, -0.2) is 19.7 Å². The van der Waals surface area contributed by atoms with Crippen molar-refractivity contribution in [2.75, 3.05) is 13.7 Å². The zero-order valence-corrected chi connectivity index (χ0v) is 11.4. The summed E-state index contributed by atoms with van der Waals surface area (Å²) in [5.41, 5.74) is 1.29. The predicted octanol–water partition coefficient (Wildman–Crippen LogP) is 3.02. The Morgan fingerprint density at radius 2 is 2.28 bits per heavy atom. The van der Waals surface area contributed by atoms with Crippen LogP contribution in [0.3, 0.4) is 0 Å². The monoisotopic (exact) mass is 245 g/mol. The summed E-state index contributed by atoms with van der Waals surface area (Å²) in [4.78, 5) is 0. The second-order valence-corrected chi connectivity index (χ2v) is 4.45. The molecule has 0 heterocycles. The molecule has 1 rings (SSSR count). The molecule has 18 heavy (non-hydrogen) atoms. The molecule has 0 saturated heterocycles. The number of hydrogen-bond donors (Lipinski definition) is 1. The van der Waals surface area contributed by atoms with E-state index in [1.807, 2.05) is 12.1 Å². The molecule has 2 heteroatoms. The predicted molar refractivity (Wildman–Crippen MR) is 76.8 cm³/mol. The van der Waals surface area contributed by atoms with Crippen molar-refractivity contribution in [1.82, 2.24) is 5.32 Å². The van der Waals surface area contributed by atoms with Gasteiger partial charge in [0.1, 0.15) is 5.75 Å². The Kier molecular flexibility index (Phi) is 6.98. The Balaban J connectivity index is 2.59. The van der Waals surface area contributed by atoms with Gasteiger partial charge < -0.3 is 10.1 Å². The third-order valence-electron chi connectivity index (χ3n) is 2.94. The van der Waals surface area contributed by atoms with Crippen LogP contribution in [0, 0.1) is 12.3 Å². The van der Waals surface area contributed by atoms with Crippen molar-refractivity contribution in [2.24, 2.45) is 0 Å². The minimum atomic E-state index is 0.452. The number of benzene rings is 1.